The van der Waals surface area contributed by atoms with Gasteiger partial charge in [-0.2, -0.15) is 0 Å². The average molecular weight is 145 g/mol. The Morgan fingerprint density at radius 3 is 2.82 bits per heavy atom. The first-order valence-electron chi connectivity index (χ1n) is 3.89. The molecule has 0 spiro atoms. The van der Waals surface area contributed by atoms with Crippen molar-refractivity contribution >= 4 is 5.78 Å². The van der Waals surface area contributed by atoms with E-state index < -0.39 is 0 Å². The van der Waals surface area contributed by atoms with Crippen LogP contribution in [0.3, 0.4) is 0 Å². The maximum Gasteiger partial charge on any atom is 0.166 e. The van der Waals surface area contributed by atoms with Crippen LogP contribution in [0.5, 0.6) is 0 Å². The lowest BCUT2D eigenvalue weighted by Gasteiger charge is -1.94. The molecule has 0 N–H and O–H groups in total. The molecule has 1 heteroatoms. The summed E-state index contributed by atoms with van der Waals surface area (Å²) in [5.74, 6) is 0.583. The molecule has 0 atom stereocenters. The molecule has 0 saturated heterocycles. The molecule has 0 aliphatic heterocycles. The van der Waals surface area contributed by atoms with Gasteiger partial charge in [-0.3, -0.25) is 4.79 Å². The number of benzene rings is 1. The number of rotatable bonds is 2. The second-order valence-electron chi connectivity index (χ2n) is 2.91. The zero-order valence-electron chi connectivity index (χ0n) is 6.21. The van der Waals surface area contributed by atoms with Gasteiger partial charge in [0.05, 0.1) is 0 Å². The lowest BCUT2D eigenvalue weighted by Crippen LogP contribution is -2.00. The number of hydrogen-bond acceptors (Lipinski definition) is 1. The molecule has 1 nitrogen and oxygen atoms in total. The summed E-state index contributed by atoms with van der Waals surface area (Å²) in [6, 6.07) is 10.3. The van der Waals surface area contributed by atoms with E-state index in [9.17, 15) is 4.79 Å². The normalized spacial score (nSPS) is 16.4. The van der Waals surface area contributed by atoms with Gasteiger partial charge in [0.25, 0.3) is 0 Å². The minimum absolute atomic E-state index is 0.269. The average Bonchev–Trinajstić information content (AvgIpc) is 2.87. The van der Waals surface area contributed by atoms with Crippen LogP contribution in [0.25, 0.3) is 0 Å². The summed E-state index contributed by atoms with van der Waals surface area (Å²) < 4.78 is 0. The quantitative estimate of drug-likeness (QED) is 0.582. The molecule has 1 aromatic carbocycles. The minimum Gasteiger partial charge on any atom is -0.294 e. The SMILES string of the molecule is O=C(c1[c]cccc1)C1CC1. The van der Waals surface area contributed by atoms with Crippen molar-refractivity contribution in [1.82, 2.24) is 0 Å². The van der Waals surface area contributed by atoms with Crippen molar-refractivity contribution < 1.29 is 4.79 Å². The van der Waals surface area contributed by atoms with Crippen molar-refractivity contribution in [2.45, 2.75) is 12.8 Å². The van der Waals surface area contributed by atoms with Crippen LogP contribution in [-0.2, 0) is 0 Å². The molecule has 1 aromatic rings. The Morgan fingerprint density at radius 2 is 2.27 bits per heavy atom. The van der Waals surface area contributed by atoms with Crippen molar-refractivity contribution in [3.05, 3.63) is 35.9 Å². The second kappa shape index (κ2) is 2.50. The van der Waals surface area contributed by atoms with Crippen molar-refractivity contribution in [2.75, 3.05) is 0 Å². The zero-order valence-corrected chi connectivity index (χ0v) is 6.21. The first-order valence-corrected chi connectivity index (χ1v) is 3.89. The molecule has 1 fully saturated rings. The van der Waals surface area contributed by atoms with Crippen molar-refractivity contribution in [1.29, 1.82) is 0 Å². The van der Waals surface area contributed by atoms with Crippen molar-refractivity contribution in [2.24, 2.45) is 5.92 Å². The summed E-state index contributed by atoms with van der Waals surface area (Å²) in [6.07, 6.45) is 2.14. The molecular weight excluding hydrogens is 136 g/mol. The number of hydrogen-bond donors (Lipinski definition) is 0. The molecule has 1 aliphatic carbocycles. The molecule has 1 aliphatic rings. The predicted molar refractivity (Wildman–Crippen MR) is 42.3 cm³/mol. The second-order valence-corrected chi connectivity index (χ2v) is 2.91. The van der Waals surface area contributed by atoms with Crippen LogP contribution in [0, 0.1) is 12.0 Å². The summed E-state index contributed by atoms with van der Waals surface area (Å²) >= 11 is 0. The van der Waals surface area contributed by atoms with Gasteiger partial charge in [0.1, 0.15) is 0 Å². The van der Waals surface area contributed by atoms with Gasteiger partial charge in [-0.15, -0.1) is 0 Å². The summed E-state index contributed by atoms with van der Waals surface area (Å²) in [5.41, 5.74) is 0.745. The van der Waals surface area contributed by atoms with Gasteiger partial charge in [0.15, 0.2) is 5.78 Å². The van der Waals surface area contributed by atoms with E-state index in [2.05, 4.69) is 6.07 Å². The monoisotopic (exact) mass is 145 g/mol. The Balaban J connectivity index is 2.22. The van der Waals surface area contributed by atoms with E-state index in [4.69, 9.17) is 0 Å². The fourth-order valence-electron chi connectivity index (χ4n) is 1.11. The van der Waals surface area contributed by atoms with E-state index in [1.54, 1.807) is 6.07 Å². The minimum atomic E-state index is 0.269. The van der Waals surface area contributed by atoms with Gasteiger partial charge in [0, 0.05) is 11.5 Å². The Bertz CT molecular complexity index is 259. The molecule has 1 saturated carbocycles. The Labute approximate surface area is 66.0 Å². The van der Waals surface area contributed by atoms with Crippen LogP contribution in [0.15, 0.2) is 24.3 Å². The summed E-state index contributed by atoms with van der Waals surface area (Å²) in [5, 5.41) is 0. The number of carbonyl (C=O) groups excluding carboxylic acids is 1. The lowest BCUT2D eigenvalue weighted by molar-refractivity contribution is 0.0967. The molecule has 0 unspecified atom stereocenters. The highest BCUT2D eigenvalue weighted by molar-refractivity contribution is 5.98. The van der Waals surface area contributed by atoms with Crippen molar-refractivity contribution in [3.63, 3.8) is 0 Å². The van der Waals surface area contributed by atoms with Gasteiger partial charge >= 0.3 is 0 Å². The third-order valence-electron chi connectivity index (χ3n) is 1.92. The van der Waals surface area contributed by atoms with E-state index in [1.165, 1.54) is 0 Å². The lowest BCUT2D eigenvalue weighted by atomic mass is 10.1. The highest BCUT2D eigenvalue weighted by Gasteiger charge is 2.30. The van der Waals surface area contributed by atoms with Crippen LogP contribution in [0.2, 0.25) is 0 Å². The Morgan fingerprint density at radius 1 is 1.45 bits per heavy atom. The zero-order chi connectivity index (χ0) is 7.68. The third kappa shape index (κ3) is 1.32. The molecular formula is C10H9O. The van der Waals surface area contributed by atoms with Gasteiger partial charge in [0.2, 0.25) is 0 Å². The molecule has 55 valence electrons. The van der Waals surface area contributed by atoms with E-state index in [1.807, 2.05) is 18.2 Å². The maximum absolute atomic E-state index is 11.4. The highest BCUT2D eigenvalue weighted by Crippen LogP contribution is 2.32. The van der Waals surface area contributed by atoms with Gasteiger partial charge in [-0.05, 0) is 18.9 Å². The molecule has 0 amide bonds. The first-order chi connectivity index (χ1) is 5.38. The van der Waals surface area contributed by atoms with Crippen LogP contribution < -0.4 is 0 Å². The van der Waals surface area contributed by atoms with Crippen LogP contribution >= 0.6 is 0 Å². The summed E-state index contributed by atoms with van der Waals surface area (Å²) in [4.78, 5) is 11.4. The highest BCUT2D eigenvalue weighted by atomic mass is 16.1. The predicted octanol–water partition coefficient (Wildman–Crippen LogP) is 2.08. The van der Waals surface area contributed by atoms with Crippen LogP contribution in [0.1, 0.15) is 23.2 Å². The van der Waals surface area contributed by atoms with E-state index >= 15 is 0 Å². The van der Waals surface area contributed by atoms with Crippen LogP contribution in [-0.4, -0.2) is 5.78 Å². The number of carbonyl (C=O) groups is 1. The molecule has 0 aromatic heterocycles. The Kier molecular flexibility index (Phi) is 1.50. The Hall–Kier alpha value is -1.11. The van der Waals surface area contributed by atoms with Gasteiger partial charge in [-0.1, -0.05) is 24.3 Å². The topological polar surface area (TPSA) is 17.1 Å². The number of Topliss-reactive ketones (excluding diaryl/α,β-unsaturated/α-hetero) is 1. The fourth-order valence-corrected chi connectivity index (χ4v) is 1.11. The third-order valence-corrected chi connectivity index (χ3v) is 1.92. The summed E-state index contributed by atoms with van der Waals surface area (Å²) in [6.45, 7) is 0. The molecule has 1 radical (unpaired) electrons. The van der Waals surface area contributed by atoms with Gasteiger partial charge < -0.3 is 0 Å². The maximum atomic E-state index is 11.4. The van der Waals surface area contributed by atoms with E-state index in [-0.39, 0.29) is 5.78 Å². The first kappa shape index (κ1) is 6.59. The van der Waals surface area contributed by atoms with Crippen LogP contribution in [0.4, 0.5) is 0 Å². The standard InChI is InChI=1S/C10H9O/c11-10(9-6-7-9)8-4-2-1-3-5-8/h1-4,9H,6-7H2. The van der Waals surface area contributed by atoms with E-state index in [0.717, 1.165) is 18.4 Å². The fraction of sp³-hybridized carbons (Fsp3) is 0.300. The smallest absolute Gasteiger partial charge is 0.166 e. The largest absolute Gasteiger partial charge is 0.294 e. The number of ketones is 1. The molecule has 11 heavy (non-hydrogen) atoms. The summed E-state index contributed by atoms with van der Waals surface area (Å²) in [7, 11) is 0. The van der Waals surface area contributed by atoms with Crippen molar-refractivity contribution in [3.8, 4) is 0 Å². The molecule has 0 heterocycles. The van der Waals surface area contributed by atoms with Gasteiger partial charge in [-0.25, -0.2) is 0 Å². The molecule has 0 bridgehead atoms. The molecule has 2 rings (SSSR count). The van der Waals surface area contributed by atoms with E-state index in [0.29, 0.717) is 5.92 Å².